The first-order valence-corrected chi connectivity index (χ1v) is 9.38. The van der Waals surface area contributed by atoms with Crippen LogP contribution in [0, 0.1) is 11.3 Å². The quantitative estimate of drug-likeness (QED) is 0.449. The van der Waals surface area contributed by atoms with Crippen LogP contribution in [0.2, 0.25) is 0 Å². The van der Waals surface area contributed by atoms with E-state index >= 15 is 0 Å². The number of allylic oxidation sites excluding steroid dienone is 1. The van der Waals surface area contributed by atoms with Crippen molar-refractivity contribution in [3.63, 3.8) is 0 Å². The van der Waals surface area contributed by atoms with Crippen LogP contribution < -0.4 is 9.47 Å². The largest absolute Gasteiger partial charge is 0.497 e. The summed E-state index contributed by atoms with van der Waals surface area (Å²) in [6.45, 7) is 2.36. The fourth-order valence-corrected chi connectivity index (χ4v) is 3.54. The van der Waals surface area contributed by atoms with Gasteiger partial charge in [-0.15, -0.1) is 0 Å². The highest BCUT2D eigenvalue weighted by Crippen LogP contribution is 2.46. The summed E-state index contributed by atoms with van der Waals surface area (Å²) in [7, 11) is 1.63. The number of rotatable bonds is 5. The lowest BCUT2D eigenvalue weighted by Crippen LogP contribution is -2.16. The minimum absolute atomic E-state index is 0.255. The molecule has 1 heterocycles. The Morgan fingerprint density at radius 1 is 1.10 bits per heavy atom. The molecule has 0 fully saturated rings. The number of benzene rings is 3. The van der Waals surface area contributed by atoms with Crippen LogP contribution in [-0.4, -0.2) is 20.1 Å². The zero-order valence-corrected chi connectivity index (χ0v) is 16.3. The molecule has 0 spiro atoms. The van der Waals surface area contributed by atoms with Crippen molar-refractivity contribution in [2.45, 2.75) is 12.8 Å². The fraction of sp³-hybridized carbons (Fsp3) is 0.167. The molecule has 0 aromatic heterocycles. The highest BCUT2D eigenvalue weighted by molar-refractivity contribution is 5.91. The third kappa shape index (κ3) is 3.41. The molecule has 0 bridgehead atoms. The summed E-state index contributed by atoms with van der Waals surface area (Å²) in [5, 5.41) is 12.0. The average molecular weight is 384 g/mol. The van der Waals surface area contributed by atoms with Crippen molar-refractivity contribution in [1.29, 1.82) is 5.26 Å². The van der Waals surface area contributed by atoms with Gasteiger partial charge in [0.2, 0.25) is 5.88 Å². The van der Waals surface area contributed by atoms with Gasteiger partial charge in [-0.3, -0.25) is 0 Å². The Balaban J connectivity index is 1.94. The molecule has 5 nitrogen and oxygen atoms in total. The van der Waals surface area contributed by atoms with Crippen molar-refractivity contribution in [2.75, 3.05) is 13.7 Å². The Kier molecular flexibility index (Phi) is 5.17. The van der Waals surface area contributed by atoms with Crippen LogP contribution in [0.1, 0.15) is 24.0 Å². The van der Waals surface area contributed by atoms with E-state index in [1.165, 1.54) is 6.40 Å². The van der Waals surface area contributed by atoms with Gasteiger partial charge in [-0.25, -0.2) is 0 Å². The molecule has 3 aromatic carbocycles. The van der Waals surface area contributed by atoms with Crippen LogP contribution in [0.5, 0.6) is 11.5 Å². The van der Waals surface area contributed by atoms with Gasteiger partial charge in [0.1, 0.15) is 23.1 Å². The number of fused-ring (bicyclic) bond motifs is 3. The van der Waals surface area contributed by atoms with E-state index < -0.39 is 0 Å². The molecule has 1 atom stereocenters. The van der Waals surface area contributed by atoms with Gasteiger partial charge >= 0.3 is 0 Å². The number of hydrogen-bond donors (Lipinski definition) is 0. The zero-order valence-electron chi connectivity index (χ0n) is 16.3. The van der Waals surface area contributed by atoms with Gasteiger partial charge in [-0.05, 0) is 30.0 Å². The topological polar surface area (TPSA) is 63.8 Å². The number of methoxy groups -OCH3 is 1. The highest BCUT2D eigenvalue weighted by Gasteiger charge is 2.32. The summed E-state index contributed by atoms with van der Waals surface area (Å²) in [6.07, 6.45) is 1.33. The van der Waals surface area contributed by atoms with Gasteiger partial charge in [-0.1, -0.05) is 48.5 Å². The summed E-state index contributed by atoms with van der Waals surface area (Å²) in [6, 6.07) is 22.1. The van der Waals surface area contributed by atoms with Crippen LogP contribution in [0.25, 0.3) is 10.8 Å². The molecule has 0 radical (unpaired) electrons. The molecule has 5 heteroatoms. The van der Waals surface area contributed by atoms with Crippen molar-refractivity contribution in [1.82, 2.24) is 0 Å². The Morgan fingerprint density at radius 2 is 1.90 bits per heavy atom. The van der Waals surface area contributed by atoms with Crippen molar-refractivity contribution in [3.8, 4) is 17.6 Å². The third-order valence-electron chi connectivity index (χ3n) is 4.92. The summed E-state index contributed by atoms with van der Waals surface area (Å²) < 4.78 is 16.7. The number of nitriles is 1. The van der Waals surface area contributed by atoms with E-state index in [-0.39, 0.29) is 11.8 Å². The van der Waals surface area contributed by atoms with Gasteiger partial charge < -0.3 is 14.2 Å². The number of aliphatic imine (C=N–C) groups is 1. The Bertz CT molecular complexity index is 1140. The first-order chi connectivity index (χ1) is 14.3. The average Bonchev–Trinajstić information content (AvgIpc) is 2.78. The standard InChI is InChI=1S/C24H20N2O3/c1-3-28-15-26-24-21(14-25)22(17-8-11-18(27-2)12-9-17)20-13-10-16-6-4-5-7-19(16)23(20)29-24/h4-13,15,22H,3H2,1-2H3/t22-/m0/s1. The van der Waals surface area contributed by atoms with E-state index in [9.17, 15) is 5.26 Å². The maximum Gasteiger partial charge on any atom is 0.236 e. The van der Waals surface area contributed by atoms with E-state index in [2.05, 4.69) is 17.1 Å². The third-order valence-corrected chi connectivity index (χ3v) is 4.92. The highest BCUT2D eigenvalue weighted by atomic mass is 16.5. The van der Waals surface area contributed by atoms with Crippen molar-refractivity contribution < 1.29 is 14.2 Å². The monoisotopic (exact) mass is 384 g/mol. The zero-order chi connectivity index (χ0) is 20.2. The van der Waals surface area contributed by atoms with Gasteiger partial charge in [0, 0.05) is 10.9 Å². The normalized spacial score (nSPS) is 15.7. The van der Waals surface area contributed by atoms with Crippen molar-refractivity contribution >= 4 is 17.2 Å². The van der Waals surface area contributed by atoms with Crippen LogP contribution in [-0.2, 0) is 4.74 Å². The molecule has 29 heavy (non-hydrogen) atoms. The van der Waals surface area contributed by atoms with E-state index in [4.69, 9.17) is 14.2 Å². The minimum Gasteiger partial charge on any atom is -0.497 e. The minimum atomic E-state index is -0.298. The van der Waals surface area contributed by atoms with Crippen LogP contribution in [0.15, 0.2) is 77.1 Å². The maximum absolute atomic E-state index is 9.96. The number of ether oxygens (including phenoxy) is 3. The summed E-state index contributed by atoms with van der Waals surface area (Å²) in [5.74, 6) is 1.43. The van der Waals surface area contributed by atoms with Crippen molar-refractivity contribution in [2.24, 2.45) is 4.99 Å². The molecule has 1 aliphatic rings. The molecular weight excluding hydrogens is 364 g/mol. The Labute approximate surface area is 169 Å². The van der Waals surface area contributed by atoms with Crippen molar-refractivity contribution in [3.05, 3.63) is 83.2 Å². The SMILES string of the molecule is CCOC=NC1=C(C#N)[C@@H](c2ccc(OC)cc2)c2ccc3ccccc3c2O1. The molecule has 0 saturated heterocycles. The smallest absolute Gasteiger partial charge is 0.236 e. The maximum atomic E-state index is 9.96. The molecule has 4 rings (SSSR count). The van der Waals surface area contributed by atoms with E-state index in [1.807, 2.05) is 61.5 Å². The Morgan fingerprint density at radius 3 is 2.62 bits per heavy atom. The molecule has 3 aromatic rings. The van der Waals surface area contributed by atoms with Gasteiger partial charge in [-0.2, -0.15) is 10.3 Å². The first-order valence-electron chi connectivity index (χ1n) is 9.38. The lowest BCUT2D eigenvalue weighted by atomic mass is 9.82. The molecule has 0 aliphatic carbocycles. The molecule has 0 N–H and O–H groups in total. The molecule has 0 saturated carbocycles. The molecule has 0 amide bonds. The molecular formula is C24H20N2O3. The van der Waals surface area contributed by atoms with Gasteiger partial charge in [0.25, 0.3) is 0 Å². The second-order valence-electron chi connectivity index (χ2n) is 6.53. The summed E-state index contributed by atoms with van der Waals surface area (Å²) in [4.78, 5) is 4.30. The first kappa shape index (κ1) is 18.6. The summed E-state index contributed by atoms with van der Waals surface area (Å²) >= 11 is 0. The second-order valence-corrected chi connectivity index (χ2v) is 6.53. The van der Waals surface area contributed by atoms with E-state index in [1.54, 1.807) is 7.11 Å². The lowest BCUT2D eigenvalue weighted by Gasteiger charge is -2.27. The second kappa shape index (κ2) is 8.07. The van der Waals surface area contributed by atoms with E-state index in [0.717, 1.165) is 27.6 Å². The predicted octanol–water partition coefficient (Wildman–Crippen LogP) is 5.17. The molecule has 144 valence electrons. The summed E-state index contributed by atoms with van der Waals surface area (Å²) in [5.41, 5.74) is 2.33. The predicted molar refractivity (Wildman–Crippen MR) is 112 cm³/mol. The number of hydrogen-bond acceptors (Lipinski definition) is 5. The Hall–Kier alpha value is -3.78. The molecule has 1 aliphatic heterocycles. The number of nitrogens with zero attached hydrogens (tertiary/aromatic N) is 2. The van der Waals surface area contributed by atoms with E-state index in [0.29, 0.717) is 17.9 Å². The van der Waals surface area contributed by atoms with Gasteiger partial charge in [0.15, 0.2) is 6.40 Å². The van der Waals surface area contributed by atoms with Crippen LogP contribution >= 0.6 is 0 Å². The van der Waals surface area contributed by atoms with Gasteiger partial charge in [0.05, 0.1) is 19.6 Å². The lowest BCUT2D eigenvalue weighted by molar-refractivity contribution is 0.336. The van der Waals surface area contributed by atoms with Crippen LogP contribution in [0.3, 0.4) is 0 Å². The fourth-order valence-electron chi connectivity index (χ4n) is 3.54. The molecule has 0 unspecified atom stereocenters. The van der Waals surface area contributed by atoms with Crippen LogP contribution in [0.4, 0.5) is 0 Å².